The summed E-state index contributed by atoms with van der Waals surface area (Å²) < 4.78 is 187. The van der Waals surface area contributed by atoms with Crippen molar-refractivity contribution in [1.82, 2.24) is 0 Å². The predicted octanol–water partition coefficient (Wildman–Crippen LogP) is 25.4. The van der Waals surface area contributed by atoms with E-state index in [-0.39, 0.29) is 35.0 Å². The minimum atomic E-state index is -3.99. The predicted molar refractivity (Wildman–Crippen MR) is 579 cm³/mol. The van der Waals surface area contributed by atoms with E-state index in [4.69, 9.17) is 65.7 Å². The van der Waals surface area contributed by atoms with Crippen LogP contribution in [0.25, 0.3) is 32.3 Å². The van der Waals surface area contributed by atoms with Crippen LogP contribution in [0.1, 0.15) is 128 Å². The summed E-state index contributed by atoms with van der Waals surface area (Å²) in [6.45, 7) is 21.2. The van der Waals surface area contributed by atoms with Gasteiger partial charge in [0.05, 0.1) is 40.2 Å². The van der Waals surface area contributed by atoms with Gasteiger partial charge in [0.2, 0.25) is 0 Å². The number of ether oxygens (including phenoxy) is 2. The number of aryl methyl sites for hydroxylation is 5. The number of halogens is 3. The number of fused-ring (bicyclic) bond motifs is 12. The third kappa shape index (κ3) is 27.0. The van der Waals surface area contributed by atoms with Crippen LogP contribution in [-0.4, -0.2) is 124 Å². The summed E-state index contributed by atoms with van der Waals surface area (Å²) >= 11 is 25.0. The second-order valence-electron chi connectivity index (χ2n) is 34.5. The maximum Gasteiger partial charge on any atom is 0.358 e. The molecule has 0 aromatic heterocycles. The first-order valence-corrected chi connectivity index (χ1v) is 58.7. The van der Waals surface area contributed by atoms with E-state index >= 15 is 0 Å². The molecule has 0 bridgehead atoms. The van der Waals surface area contributed by atoms with Crippen LogP contribution >= 0.6 is 81.9 Å². The molecular weight excluding hydrogens is 2100 g/mol. The van der Waals surface area contributed by atoms with Crippen LogP contribution in [0.4, 0.5) is 0 Å². The molecule has 0 spiro atoms. The van der Waals surface area contributed by atoms with Gasteiger partial charge in [-0.2, -0.15) is 50.5 Å². The highest BCUT2D eigenvalue weighted by molar-refractivity contribution is 8.01. The van der Waals surface area contributed by atoms with Crippen molar-refractivity contribution in [3.8, 4) is 11.5 Å². The van der Waals surface area contributed by atoms with Gasteiger partial charge in [-0.15, -0.1) is 47.0 Å². The second kappa shape index (κ2) is 46.1. The topological polar surface area (TPSA) is 353 Å². The first-order valence-electron chi connectivity index (χ1n) is 45.2. The summed E-state index contributed by atoms with van der Waals surface area (Å²) in [4.78, 5) is 4.63. The number of rotatable bonds is 17. The molecule has 0 aliphatic carbocycles. The molecule has 6 unspecified atom stereocenters. The molecule has 0 fully saturated rings. The Morgan fingerprint density at radius 2 is 0.566 bits per heavy atom. The summed E-state index contributed by atoms with van der Waals surface area (Å²) in [5, 5.41) is 32.7. The van der Waals surface area contributed by atoms with Crippen LogP contribution in [0.5, 0.6) is 11.5 Å². The van der Waals surface area contributed by atoms with Gasteiger partial charge in [0.1, 0.15) is 59.6 Å². The molecule has 0 saturated heterocycles. The van der Waals surface area contributed by atoms with Crippen molar-refractivity contribution in [1.29, 1.82) is 0 Å². The fourth-order valence-electron chi connectivity index (χ4n) is 15.8. The molecule has 6 aliphatic heterocycles. The third-order valence-electron chi connectivity index (χ3n) is 22.9. The van der Waals surface area contributed by atoms with Crippen LogP contribution in [0.2, 0.25) is 15.1 Å². The lowest BCUT2D eigenvalue weighted by molar-refractivity contribution is 0.291. The smallest absolute Gasteiger partial charge is 0.358 e. The highest BCUT2D eigenvalue weighted by Gasteiger charge is 2.36. The molecule has 145 heavy (non-hydrogen) atoms. The maximum atomic E-state index is 12.5. The molecule has 752 valence electrons. The fraction of sp³-hybridized carbons (Fsp3) is 0.208. The van der Waals surface area contributed by atoms with Crippen LogP contribution in [0.15, 0.2) is 360 Å². The van der Waals surface area contributed by atoms with Gasteiger partial charge in [-0.05, 0) is 214 Å². The zero-order valence-corrected chi connectivity index (χ0v) is 90.4. The molecular formula is C106H97Cl3N6O20S10. The quantitative estimate of drug-likeness (QED) is 0.0764. The maximum absolute atomic E-state index is 12.5. The van der Waals surface area contributed by atoms with Crippen molar-refractivity contribution >= 4 is 209 Å². The van der Waals surface area contributed by atoms with Gasteiger partial charge in [0.15, 0.2) is 0 Å². The van der Waals surface area contributed by atoms with Gasteiger partial charge in [0.25, 0.3) is 0 Å². The van der Waals surface area contributed by atoms with E-state index in [1.54, 1.807) is 145 Å². The highest BCUT2D eigenvalue weighted by Crippen LogP contribution is 2.45. The number of hydrogen-bond donors (Lipinski definition) is 0. The number of nitrogens with zero attached hydrogens (tertiary/aromatic N) is 6. The average Bonchev–Trinajstić information content (AvgIpc) is 1.54. The number of oxime groups is 6. The van der Waals surface area contributed by atoms with Crippen LogP contribution in [-0.2, 0) is 86.4 Å². The van der Waals surface area contributed by atoms with E-state index in [0.717, 1.165) is 114 Å². The lowest BCUT2D eigenvalue weighted by Gasteiger charge is -2.23. The van der Waals surface area contributed by atoms with Crippen LogP contribution in [0.3, 0.4) is 0 Å². The van der Waals surface area contributed by atoms with E-state index in [1.807, 2.05) is 169 Å². The summed E-state index contributed by atoms with van der Waals surface area (Å²) in [6.07, 6.45) is 2.69. The van der Waals surface area contributed by atoms with Crippen molar-refractivity contribution < 1.29 is 85.7 Å². The summed E-state index contributed by atoms with van der Waals surface area (Å²) in [7, 11) is -23.4. The molecule has 0 saturated carbocycles. The van der Waals surface area contributed by atoms with E-state index in [0.29, 0.717) is 103 Å². The zero-order chi connectivity index (χ0) is 104. The van der Waals surface area contributed by atoms with Gasteiger partial charge >= 0.3 is 60.7 Å². The summed E-state index contributed by atoms with van der Waals surface area (Å²) in [6, 6.07) is 84.6. The van der Waals surface area contributed by atoms with Gasteiger partial charge in [0, 0.05) is 104 Å². The Labute approximate surface area is 876 Å². The largest absolute Gasteiger partial charge is 0.484 e. The lowest BCUT2D eigenvalue weighted by Crippen LogP contribution is -2.18. The summed E-state index contributed by atoms with van der Waals surface area (Å²) in [5.41, 5.74) is 12.9. The number of hydrogen-bond acceptors (Lipinski definition) is 30. The van der Waals surface area contributed by atoms with Crippen LogP contribution < -0.4 is 9.47 Å². The lowest BCUT2D eigenvalue weighted by atomic mass is 9.98. The Kier molecular flexibility index (Phi) is 34.2. The molecule has 20 rings (SSSR count). The monoisotopic (exact) mass is 2200 g/mol. The van der Waals surface area contributed by atoms with Crippen molar-refractivity contribution in [2.24, 2.45) is 30.9 Å². The number of benzene rings is 14. The highest BCUT2D eigenvalue weighted by atomic mass is 35.5. The molecule has 0 N–H and O–H groups in total. The molecule has 6 heterocycles. The molecule has 14 aromatic carbocycles. The van der Waals surface area contributed by atoms with E-state index < -0.39 is 72.9 Å². The van der Waals surface area contributed by atoms with Gasteiger partial charge in [-0.1, -0.05) is 273 Å². The Morgan fingerprint density at radius 1 is 0.290 bits per heavy atom. The van der Waals surface area contributed by atoms with E-state index in [9.17, 15) is 50.5 Å². The summed E-state index contributed by atoms with van der Waals surface area (Å²) in [5.74, 6) is 1.34. The number of thioether (sulfide) groups is 4. The fourth-order valence-corrected chi connectivity index (χ4v) is 25.1. The SMILES string of the molecule is CC1C/C(=N\OS(C)(=O)=O)c2cc(Cl)ccc2S1.Cc1ccc(S(=O)(=O)O/N=C2/c3c(ccc4ccccc34)OC2C)cc1.Cc1ccc(S(=O)(=O)O/N=C2/c3c(ccc4ccccc34)OC2C)cc1.Cc1ccc(S(=O)(=O)O/N=C2\CC(C)Sc3ccc(Cl)cc32)cc1.Cc1ccc(S(=O)(=O)O/N=C2\CC(C)Sc3ccc4ccccc4c32)cc1.Cc1ccccc1S(=O)(=O)O/N=C1\CC(C)Sc2ccc(Cl)cc21. The normalized spacial score (nSPS) is 18.9. The van der Waals surface area contributed by atoms with Crippen molar-refractivity contribution in [3.63, 3.8) is 0 Å². The standard InChI is InChI=1S/C21H19NO3S2.2C20H17NO4S.2C17H16ClNO3S2.C11H12ClNO3S2/c1-14-7-10-17(11-8-14)27(23,24)25-22-19-13-15(2)26-20-12-9-16-5-3-4-6-18(16)21(19)20;2*1-13-7-10-16(11-8-13)26(22,23)25-21-20-14(2)24-18-12-9-15-5-3-4-6-17(15)19(18)20;1-11-3-6-14(7-4-11)24(20,21)22-19-16-9-12(2)23-17-8-5-13(18)10-15(16)17;1-11-5-3-4-6-17(11)24(20,21)22-19-15-9-12(2)23-16-8-7-13(18)10-14(15)16;1-7-5-10(13-16-18(2,14)15)9-6-8(12)3-4-11(9)17-7/h3-12,15H,13H2,1-2H3;2*3-12,14H,1-2H3;2*3-8,10,12H,9H2,1-2H3;3-4,6-7H,5H2,1-2H3/b22-19+;2*21-20+;19-16+;19-15+;13-10+. The second-order valence-corrected chi connectivity index (χ2v) is 50.9. The first-order chi connectivity index (χ1) is 68.9. The molecule has 6 atom stereocenters. The molecule has 0 amide bonds. The molecule has 0 radical (unpaired) electrons. The van der Waals surface area contributed by atoms with Gasteiger partial charge in [-0.3, -0.25) is 25.7 Å². The molecule has 26 nitrogen and oxygen atoms in total. The van der Waals surface area contributed by atoms with Crippen LogP contribution in [0, 0.1) is 34.6 Å². The zero-order valence-electron chi connectivity index (χ0n) is 80.0. The molecule has 14 aromatic rings. The average molecular weight is 2200 g/mol. The van der Waals surface area contributed by atoms with Crippen molar-refractivity contribution in [2.75, 3.05) is 6.26 Å². The Morgan fingerprint density at radius 3 is 0.910 bits per heavy atom. The third-order valence-corrected chi connectivity index (χ3v) is 34.4. The molecule has 39 heteroatoms. The molecule has 6 aliphatic rings. The Bertz CT molecular complexity index is 8050. The minimum absolute atomic E-state index is 0.0668. The first kappa shape index (κ1) is 107. The minimum Gasteiger partial charge on any atom is -0.484 e. The Hall–Kier alpha value is -11.8. The van der Waals surface area contributed by atoms with Gasteiger partial charge in [-0.25, -0.2) is 0 Å². The van der Waals surface area contributed by atoms with Crippen molar-refractivity contribution in [3.05, 3.63) is 361 Å². The van der Waals surface area contributed by atoms with E-state index in [2.05, 4.69) is 75.0 Å². The Balaban J connectivity index is 0.000000131. The van der Waals surface area contributed by atoms with E-state index in [1.165, 1.54) is 54.6 Å². The van der Waals surface area contributed by atoms with Gasteiger partial charge < -0.3 is 9.47 Å². The van der Waals surface area contributed by atoms with Crippen molar-refractivity contribution in [2.45, 2.75) is 179 Å².